The second kappa shape index (κ2) is 11.6. The minimum atomic E-state index is -5.44. The second-order valence-electron chi connectivity index (χ2n) is 12.0. The molecule has 2 saturated heterocycles. The molecule has 244 valence electrons. The Labute approximate surface area is 253 Å². The largest absolute Gasteiger partial charge is 0.474 e. The van der Waals surface area contributed by atoms with E-state index in [0.717, 1.165) is 6.42 Å². The lowest BCUT2D eigenvalue weighted by atomic mass is 9.95. The minimum absolute atomic E-state index is 0.00659. The summed E-state index contributed by atoms with van der Waals surface area (Å²) in [6.45, 7) is 5.45. The number of ether oxygens (including phenoxy) is 2. The van der Waals surface area contributed by atoms with Crippen LogP contribution < -0.4 is 25.8 Å². The van der Waals surface area contributed by atoms with Gasteiger partial charge in [-0.15, -0.1) is 0 Å². The lowest BCUT2D eigenvalue weighted by Crippen LogP contribution is -2.43. The summed E-state index contributed by atoms with van der Waals surface area (Å²) in [6, 6.07) is -0.126. The Morgan fingerprint density at radius 3 is 2.67 bits per heavy atom. The molecule has 0 amide bonds. The van der Waals surface area contributed by atoms with Gasteiger partial charge < -0.3 is 25.8 Å². The van der Waals surface area contributed by atoms with E-state index in [-0.39, 0.29) is 48.7 Å². The van der Waals surface area contributed by atoms with Crippen molar-refractivity contribution in [2.75, 3.05) is 43.8 Å². The normalized spacial score (nSPS) is 25.8. The molecule has 4 atom stereocenters. The van der Waals surface area contributed by atoms with Gasteiger partial charge in [0, 0.05) is 31.1 Å². The molecule has 1 aromatic carbocycles. The summed E-state index contributed by atoms with van der Waals surface area (Å²) in [4.78, 5) is 14.8. The highest BCUT2D eigenvalue weighted by Gasteiger charge is 2.49. The molecular weight excluding hydrogens is 611 g/mol. The average molecular weight is 644 g/mol. The van der Waals surface area contributed by atoms with Crippen LogP contribution in [0.15, 0.2) is 6.07 Å². The maximum atomic E-state index is 16.5. The Balaban J connectivity index is 1.56. The fourth-order valence-electron chi connectivity index (χ4n) is 6.47. The Morgan fingerprint density at radius 1 is 1.13 bits per heavy atom. The van der Waals surface area contributed by atoms with Gasteiger partial charge in [-0.25, -0.2) is 22.5 Å². The van der Waals surface area contributed by atoms with Crippen molar-refractivity contribution in [2.24, 2.45) is 0 Å². The van der Waals surface area contributed by atoms with Crippen LogP contribution in [-0.4, -0.2) is 76.5 Å². The number of benzene rings is 1. The predicted octanol–water partition coefficient (Wildman–Crippen LogP) is 5.23. The van der Waals surface area contributed by atoms with Gasteiger partial charge in [0.15, 0.2) is 17.5 Å². The van der Waals surface area contributed by atoms with Crippen LogP contribution in [0.5, 0.6) is 11.9 Å². The van der Waals surface area contributed by atoms with Gasteiger partial charge in [-0.3, -0.25) is 4.90 Å². The van der Waals surface area contributed by atoms with Crippen molar-refractivity contribution in [1.82, 2.24) is 25.2 Å². The van der Waals surface area contributed by atoms with Crippen molar-refractivity contribution in [3.05, 3.63) is 29.1 Å². The molecule has 4 N–H and O–H groups in total. The van der Waals surface area contributed by atoms with Gasteiger partial charge in [-0.05, 0) is 52.3 Å². The van der Waals surface area contributed by atoms with Crippen LogP contribution in [0, 0.1) is 17.5 Å². The van der Waals surface area contributed by atoms with Gasteiger partial charge in [0.1, 0.15) is 40.8 Å². The van der Waals surface area contributed by atoms with E-state index in [1.54, 1.807) is 6.92 Å². The van der Waals surface area contributed by atoms with Gasteiger partial charge in [0.05, 0.1) is 17.3 Å². The molecule has 0 radical (unpaired) electrons. The number of rotatable bonds is 4. The number of nitrogens with two attached hydrogens (primary N) is 1. The van der Waals surface area contributed by atoms with Crippen LogP contribution in [0.1, 0.15) is 45.1 Å². The van der Waals surface area contributed by atoms with Crippen LogP contribution in [0.4, 0.5) is 42.2 Å². The lowest BCUT2D eigenvalue weighted by molar-refractivity contribution is -0.139. The third-order valence-electron chi connectivity index (χ3n) is 8.61. The zero-order valence-corrected chi connectivity index (χ0v) is 24.5. The number of hydrogen-bond donors (Lipinski definition) is 3. The molecule has 6 rings (SSSR count). The SMILES string of the molecule is CC1CNCC[C@H](C)Oc2nc(-c3cc(N)c(F)c(F)c3C(F)(F)F)c(F)c3nc(OC[C@@]45CCCN4C[C@H](F)C5)nc(c23)N1. The maximum absolute atomic E-state index is 16.5. The smallest absolute Gasteiger partial charge is 0.419 e. The molecule has 2 aromatic heterocycles. The van der Waals surface area contributed by atoms with E-state index in [1.165, 1.54) is 0 Å². The molecule has 3 aliphatic rings. The van der Waals surface area contributed by atoms with Crippen molar-refractivity contribution in [3.8, 4) is 23.1 Å². The number of alkyl halides is 4. The first-order chi connectivity index (χ1) is 21.3. The fourth-order valence-corrected chi connectivity index (χ4v) is 6.47. The van der Waals surface area contributed by atoms with Gasteiger partial charge in [-0.1, -0.05) is 0 Å². The molecule has 3 aliphatic heterocycles. The van der Waals surface area contributed by atoms with Crippen LogP contribution in [0.3, 0.4) is 0 Å². The van der Waals surface area contributed by atoms with E-state index >= 15 is 4.39 Å². The topological polar surface area (TPSA) is 110 Å². The van der Waals surface area contributed by atoms with Gasteiger partial charge in [0.2, 0.25) is 5.88 Å². The molecule has 16 heteroatoms. The summed E-state index contributed by atoms with van der Waals surface area (Å²) in [6.07, 6.45) is -4.85. The monoisotopic (exact) mass is 643 g/mol. The van der Waals surface area contributed by atoms with E-state index < -0.39 is 69.5 Å². The maximum Gasteiger partial charge on any atom is 0.419 e. The summed E-state index contributed by atoms with van der Waals surface area (Å²) >= 11 is 0. The van der Waals surface area contributed by atoms with Crippen LogP contribution in [0.25, 0.3) is 22.2 Å². The molecule has 3 aromatic rings. The molecule has 9 nitrogen and oxygen atoms in total. The van der Waals surface area contributed by atoms with Crippen molar-refractivity contribution in [1.29, 1.82) is 0 Å². The standard InChI is InChI=1S/C29H32F7N7O2/c1-13-10-38-6-4-14(2)45-26-18-24(22(33)23(40-26)16-8-17(37)20(31)21(32)19(16)29(34,35)36)41-27(42-25(18)39-13)44-12-28-5-3-7-43(28)11-15(30)9-28/h8,13-15,38H,3-7,9-12,37H2,1-2H3,(H,39,41,42)/t13?,14-,15+,28-/m0/s1. The Bertz CT molecular complexity index is 1620. The van der Waals surface area contributed by atoms with Crippen LogP contribution in [0.2, 0.25) is 0 Å². The first-order valence-corrected chi connectivity index (χ1v) is 14.7. The lowest BCUT2D eigenvalue weighted by Gasteiger charge is -2.30. The van der Waals surface area contributed by atoms with E-state index in [2.05, 4.69) is 25.6 Å². The zero-order valence-electron chi connectivity index (χ0n) is 24.5. The zero-order chi connectivity index (χ0) is 32.3. The highest BCUT2D eigenvalue weighted by Crippen LogP contribution is 2.45. The quantitative estimate of drug-likeness (QED) is 0.260. The van der Waals surface area contributed by atoms with Crippen molar-refractivity contribution in [3.63, 3.8) is 0 Å². The Kier molecular flexibility index (Phi) is 8.08. The van der Waals surface area contributed by atoms with E-state index in [1.807, 2.05) is 11.8 Å². The first-order valence-electron chi connectivity index (χ1n) is 14.7. The Morgan fingerprint density at radius 2 is 1.91 bits per heavy atom. The van der Waals surface area contributed by atoms with Gasteiger partial charge >= 0.3 is 12.2 Å². The molecule has 5 heterocycles. The van der Waals surface area contributed by atoms with Crippen LogP contribution >= 0.6 is 0 Å². The van der Waals surface area contributed by atoms with Crippen LogP contribution in [-0.2, 0) is 6.18 Å². The van der Waals surface area contributed by atoms with E-state index in [9.17, 15) is 26.3 Å². The number of aromatic nitrogens is 3. The summed E-state index contributed by atoms with van der Waals surface area (Å²) < 4.78 is 114. The summed E-state index contributed by atoms with van der Waals surface area (Å²) in [5, 5.41) is 6.31. The molecule has 45 heavy (non-hydrogen) atoms. The molecule has 1 unspecified atom stereocenters. The minimum Gasteiger partial charge on any atom is -0.474 e. The number of nitrogens with zero attached hydrogens (tertiary/aromatic N) is 4. The number of nitrogens with one attached hydrogen (secondary N) is 2. The fraction of sp³-hybridized carbons (Fsp3) is 0.552. The highest BCUT2D eigenvalue weighted by molar-refractivity contribution is 5.96. The van der Waals surface area contributed by atoms with Gasteiger partial charge in [-0.2, -0.15) is 23.1 Å². The number of halogens is 7. The molecule has 0 bridgehead atoms. The van der Waals surface area contributed by atoms with Crippen molar-refractivity contribution < 1.29 is 40.2 Å². The predicted molar refractivity (Wildman–Crippen MR) is 151 cm³/mol. The number of hydrogen-bond acceptors (Lipinski definition) is 9. The second-order valence-corrected chi connectivity index (χ2v) is 12.0. The molecule has 0 saturated carbocycles. The van der Waals surface area contributed by atoms with Crippen molar-refractivity contribution in [2.45, 2.75) is 69.6 Å². The first kappa shape index (κ1) is 31.3. The van der Waals surface area contributed by atoms with E-state index in [4.69, 9.17) is 15.2 Å². The number of fused-ring (bicyclic) bond motifs is 1. The number of pyridine rings is 1. The average Bonchev–Trinajstić information content (AvgIpc) is 3.48. The molecule has 2 fully saturated rings. The number of anilines is 2. The Hall–Kier alpha value is -3.66. The molecular formula is C29H32F7N7O2. The van der Waals surface area contributed by atoms with Crippen molar-refractivity contribution >= 4 is 22.4 Å². The summed E-state index contributed by atoms with van der Waals surface area (Å²) in [7, 11) is 0. The van der Waals surface area contributed by atoms with Gasteiger partial charge in [0.25, 0.3) is 0 Å². The number of nitrogen functional groups attached to an aromatic ring is 1. The molecule has 0 aliphatic carbocycles. The highest BCUT2D eigenvalue weighted by atomic mass is 19.4. The molecule has 0 spiro atoms. The third kappa shape index (κ3) is 5.77. The summed E-state index contributed by atoms with van der Waals surface area (Å²) in [5.41, 5.74) is -0.826. The third-order valence-corrected chi connectivity index (χ3v) is 8.61. The summed E-state index contributed by atoms with van der Waals surface area (Å²) in [5.74, 6) is -5.91. The van der Waals surface area contributed by atoms with E-state index in [0.29, 0.717) is 38.5 Å².